The first-order valence-corrected chi connectivity index (χ1v) is 9.51. The molecule has 1 N–H and O–H groups in total. The Labute approximate surface area is 165 Å². The number of carbonyl (C=O) groups is 1. The predicted octanol–water partition coefficient (Wildman–Crippen LogP) is 4.83. The smallest absolute Gasteiger partial charge is 0.336 e. The van der Waals surface area contributed by atoms with Crippen molar-refractivity contribution < 1.29 is 13.9 Å². The Balaban J connectivity index is 1.71. The first-order valence-electron chi connectivity index (χ1n) is 8.72. The normalized spacial score (nSPS) is 10.8. The van der Waals surface area contributed by atoms with Gasteiger partial charge in [-0.2, -0.15) is 0 Å². The highest BCUT2D eigenvalue weighted by atomic mass is 79.9. The fourth-order valence-corrected chi connectivity index (χ4v) is 3.43. The molecule has 1 heterocycles. The first-order chi connectivity index (χ1) is 13.0. The van der Waals surface area contributed by atoms with E-state index < -0.39 is 0 Å². The van der Waals surface area contributed by atoms with Crippen LogP contribution in [-0.2, 0) is 11.2 Å². The minimum Gasteiger partial charge on any atom is -0.484 e. The standard InChI is InChI=1S/C21H20BrNO4/c1-3-4-14-10-21(25)27-19-11-15(6-7-16(14)19)26-12-20(24)23-18-8-5-13(2)9-17(18)22/h5-11H,3-4,12H2,1-2H3,(H,23,24). The zero-order chi connectivity index (χ0) is 19.4. The minimum absolute atomic E-state index is 0.148. The Kier molecular flexibility index (Phi) is 5.96. The van der Waals surface area contributed by atoms with E-state index in [1.807, 2.05) is 31.2 Å². The molecule has 3 aromatic rings. The van der Waals surface area contributed by atoms with Crippen molar-refractivity contribution in [3.63, 3.8) is 0 Å². The lowest BCUT2D eigenvalue weighted by molar-refractivity contribution is -0.118. The van der Waals surface area contributed by atoms with E-state index in [2.05, 4.69) is 28.2 Å². The second kappa shape index (κ2) is 8.39. The molecule has 6 heteroatoms. The average Bonchev–Trinajstić information content (AvgIpc) is 2.62. The molecule has 2 aromatic carbocycles. The molecule has 5 nitrogen and oxygen atoms in total. The lowest BCUT2D eigenvalue weighted by Gasteiger charge is -2.10. The van der Waals surface area contributed by atoms with Gasteiger partial charge in [-0.1, -0.05) is 19.4 Å². The summed E-state index contributed by atoms with van der Waals surface area (Å²) in [7, 11) is 0. The molecule has 0 saturated heterocycles. The van der Waals surface area contributed by atoms with Crippen molar-refractivity contribution in [3.05, 3.63) is 68.5 Å². The lowest BCUT2D eigenvalue weighted by Crippen LogP contribution is -2.20. The van der Waals surface area contributed by atoms with Crippen molar-refractivity contribution in [2.24, 2.45) is 0 Å². The first kappa shape index (κ1) is 19.2. The number of amides is 1. The number of fused-ring (bicyclic) bond motifs is 1. The zero-order valence-electron chi connectivity index (χ0n) is 15.2. The Bertz CT molecular complexity index is 1040. The predicted molar refractivity (Wildman–Crippen MR) is 109 cm³/mol. The van der Waals surface area contributed by atoms with E-state index in [-0.39, 0.29) is 18.1 Å². The molecule has 1 aromatic heterocycles. The second-order valence-electron chi connectivity index (χ2n) is 6.32. The topological polar surface area (TPSA) is 68.5 Å². The molecule has 0 aliphatic rings. The van der Waals surface area contributed by atoms with Crippen LogP contribution in [0.3, 0.4) is 0 Å². The van der Waals surface area contributed by atoms with Crippen molar-refractivity contribution in [1.82, 2.24) is 0 Å². The van der Waals surface area contributed by atoms with Gasteiger partial charge in [0.1, 0.15) is 11.3 Å². The summed E-state index contributed by atoms with van der Waals surface area (Å²) in [5, 5.41) is 3.68. The van der Waals surface area contributed by atoms with Crippen molar-refractivity contribution in [1.29, 1.82) is 0 Å². The largest absolute Gasteiger partial charge is 0.484 e. The van der Waals surface area contributed by atoms with Crippen molar-refractivity contribution in [2.75, 3.05) is 11.9 Å². The van der Waals surface area contributed by atoms with Crippen LogP contribution >= 0.6 is 15.9 Å². The van der Waals surface area contributed by atoms with E-state index in [4.69, 9.17) is 9.15 Å². The third-order valence-corrected chi connectivity index (χ3v) is 4.75. The van der Waals surface area contributed by atoms with Crippen LogP contribution in [0.15, 0.2) is 56.1 Å². The molecule has 0 spiro atoms. The molecule has 0 saturated carbocycles. The van der Waals surface area contributed by atoms with Crippen molar-refractivity contribution in [3.8, 4) is 5.75 Å². The van der Waals surface area contributed by atoms with Crippen LogP contribution in [-0.4, -0.2) is 12.5 Å². The van der Waals surface area contributed by atoms with Crippen LogP contribution < -0.4 is 15.7 Å². The summed E-state index contributed by atoms with van der Waals surface area (Å²) in [6.45, 7) is 3.89. The average molecular weight is 430 g/mol. The molecule has 0 unspecified atom stereocenters. The summed E-state index contributed by atoms with van der Waals surface area (Å²) in [5.41, 5.74) is 2.81. The van der Waals surface area contributed by atoms with Gasteiger partial charge in [0, 0.05) is 22.0 Å². The van der Waals surface area contributed by atoms with Gasteiger partial charge >= 0.3 is 5.63 Å². The van der Waals surface area contributed by atoms with E-state index in [0.29, 0.717) is 17.0 Å². The molecule has 0 aliphatic carbocycles. The Morgan fingerprint density at radius 1 is 1.19 bits per heavy atom. The summed E-state index contributed by atoms with van der Waals surface area (Å²) in [5.74, 6) is 0.193. The Morgan fingerprint density at radius 3 is 2.74 bits per heavy atom. The highest BCUT2D eigenvalue weighted by Gasteiger charge is 2.09. The monoisotopic (exact) mass is 429 g/mol. The van der Waals surface area contributed by atoms with Gasteiger partial charge in [-0.25, -0.2) is 4.79 Å². The molecule has 0 fully saturated rings. The van der Waals surface area contributed by atoms with Crippen LogP contribution in [0, 0.1) is 6.92 Å². The van der Waals surface area contributed by atoms with E-state index >= 15 is 0 Å². The number of rotatable bonds is 6. The quantitative estimate of drug-likeness (QED) is 0.569. The van der Waals surface area contributed by atoms with Crippen LogP contribution in [0.4, 0.5) is 5.69 Å². The van der Waals surface area contributed by atoms with Gasteiger partial charge in [-0.05, 0) is 64.7 Å². The van der Waals surface area contributed by atoms with Crippen LogP contribution in [0.1, 0.15) is 24.5 Å². The number of halogens is 1. The van der Waals surface area contributed by atoms with Crippen molar-refractivity contribution in [2.45, 2.75) is 26.7 Å². The number of benzene rings is 2. The Morgan fingerprint density at radius 2 is 2.00 bits per heavy atom. The highest BCUT2D eigenvalue weighted by molar-refractivity contribution is 9.10. The van der Waals surface area contributed by atoms with Gasteiger partial charge in [0.25, 0.3) is 5.91 Å². The fraction of sp³-hybridized carbons (Fsp3) is 0.238. The molecule has 0 atom stereocenters. The summed E-state index contributed by atoms with van der Waals surface area (Å²) in [4.78, 5) is 23.9. The van der Waals surface area contributed by atoms with Gasteiger partial charge < -0.3 is 14.5 Å². The van der Waals surface area contributed by atoms with E-state index in [1.54, 1.807) is 12.1 Å². The molecule has 0 aliphatic heterocycles. The number of ether oxygens (including phenoxy) is 1. The lowest BCUT2D eigenvalue weighted by atomic mass is 10.1. The Hall–Kier alpha value is -2.60. The van der Waals surface area contributed by atoms with Gasteiger partial charge in [0.15, 0.2) is 6.61 Å². The second-order valence-corrected chi connectivity index (χ2v) is 7.17. The molecular formula is C21H20BrNO4. The molecular weight excluding hydrogens is 410 g/mol. The maximum Gasteiger partial charge on any atom is 0.336 e. The minimum atomic E-state index is -0.384. The molecule has 140 valence electrons. The summed E-state index contributed by atoms with van der Waals surface area (Å²) in [6, 6.07) is 12.5. The van der Waals surface area contributed by atoms with E-state index in [0.717, 1.165) is 33.8 Å². The third kappa shape index (κ3) is 4.77. The van der Waals surface area contributed by atoms with Gasteiger partial charge in [-0.3, -0.25) is 4.79 Å². The summed E-state index contributed by atoms with van der Waals surface area (Å²) < 4.78 is 11.7. The van der Waals surface area contributed by atoms with Gasteiger partial charge in [0.05, 0.1) is 5.69 Å². The number of anilines is 1. The number of aryl methyl sites for hydroxylation is 2. The molecule has 27 heavy (non-hydrogen) atoms. The molecule has 1 amide bonds. The van der Waals surface area contributed by atoms with E-state index in [1.165, 1.54) is 6.07 Å². The fourth-order valence-electron chi connectivity index (χ4n) is 2.83. The number of hydrogen-bond acceptors (Lipinski definition) is 4. The van der Waals surface area contributed by atoms with Crippen molar-refractivity contribution >= 4 is 38.5 Å². The number of hydrogen-bond donors (Lipinski definition) is 1. The van der Waals surface area contributed by atoms with E-state index in [9.17, 15) is 9.59 Å². The number of nitrogens with one attached hydrogen (secondary N) is 1. The SMILES string of the molecule is CCCc1cc(=O)oc2cc(OCC(=O)Nc3ccc(C)cc3Br)ccc12. The summed E-state index contributed by atoms with van der Waals surface area (Å²) >= 11 is 3.43. The van der Waals surface area contributed by atoms with Crippen LogP contribution in [0.25, 0.3) is 11.0 Å². The molecule has 0 bridgehead atoms. The molecule has 0 radical (unpaired) electrons. The van der Waals surface area contributed by atoms with Gasteiger partial charge in [-0.15, -0.1) is 0 Å². The summed E-state index contributed by atoms with van der Waals surface area (Å²) in [6.07, 6.45) is 1.74. The van der Waals surface area contributed by atoms with Gasteiger partial charge in [0.2, 0.25) is 0 Å². The zero-order valence-corrected chi connectivity index (χ0v) is 16.8. The maximum absolute atomic E-state index is 12.1. The molecule has 3 rings (SSSR count). The maximum atomic E-state index is 12.1. The number of carbonyl (C=O) groups excluding carboxylic acids is 1. The highest BCUT2D eigenvalue weighted by Crippen LogP contribution is 2.25. The third-order valence-electron chi connectivity index (χ3n) is 4.09. The van der Waals surface area contributed by atoms with Crippen LogP contribution in [0.5, 0.6) is 5.75 Å². The van der Waals surface area contributed by atoms with Crippen LogP contribution in [0.2, 0.25) is 0 Å².